The topological polar surface area (TPSA) is 88.1 Å². The van der Waals surface area contributed by atoms with Crippen molar-refractivity contribution in [1.82, 2.24) is 4.31 Å². The molecule has 1 atom stereocenters. The Balaban J connectivity index is 1.52. The molecule has 7 nitrogen and oxygen atoms in total. The molecule has 0 bridgehead atoms. The van der Waals surface area contributed by atoms with Crippen molar-refractivity contribution in [2.45, 2.75) is 43.4 Å². The van der Waals surface area contributed by atoms with Gasteiger partial charge in [-0.05, 0) is 79.0 Å². The van der Waals surface area contributed by atoms with Crippen LogP contribution in [-0.4, -0.2) is 34.6 Å². The lowest BCUT2D eigenvalue weighted by Gasteiger charge is -2.23. The largest absolute Gasteiger partial charge is 0.497 e. The van der Waals surface area contributed by atoms with Crippen LogP contribution in [0.25, 0.3) is 0 Å². The van der Waals surface area contributed by atoms with Gasteiger partial charge in [0.25, 0.3) is 5.91 Å². The minimum absolute atomic E-state index is 0.216. The molecule has 0 radical (unpaired) electrons. The van der Waals surface area contributed by atoms with E-state index in [2.05, 4.69) is 15.7 Å². The first-order chi connectivity index (χ1) is 14.4. The zero-order valence-corrected chi connectivity index (χ0v) is 17.8. The molecule has 2 aromatic carbocycles. The summed E-state index contributed by atoms with van der Waals surface area (Å²) < 4.78 is 23.8. The number of anilines is 1. The van der Waals surface area contributed by atoms with Crippen LogP contribution in [0.2, 0.25) is 0 Å². The zero-order valence-electron chi connectivity index (χ0n) is 17.0. The van der Waals surface area contributed by atoms with Gasteiger partial charge in [0.05, 0.1) is 17.6 Å². The summed E-state index contributed by atoms with van der Waals surface area (Å²) in [7, 11) is -0.491. The van der Waals surface area contributed by atoms with Crippen molar-refractivity contribution in [3.63, 3.8) is 0 Å². The van der Waals surface area contributed by atoms with Crippen LogP contribution in [0.3, 0.4) is 0 Å². The zero-order chi connectivity index (χ0) is 21.0. The molecule has 0 saturated carbocycles. The van der Waals surface area contributed by atoms with E-state index in [1.807, 2.05) is 0 Å². The van der Waals surface area contributed by atoms with Crippen molar-refractivity contribution in [3.8, 4) is 5.75 Å². The minimum atomic E-state index is -3.40. The van der Waals surface area contributed by atoms with Crippen LogP contribution >= 0.6 is 0 Å². The molecule has 1 heterocycles. The molecule has 1 unspecified atom stereocenters. The molecule has 0 aromatic heterocycles. The van der Waals surface area contributed by atoms with Crippen LogP contribution in [0.4, 0.5) is 10.5 Å². The predicted octanol–water partition coefficient (Wildman–Crippen LogP) is 3.73. The number of hydrogen-bond donors (Lipinski definition) is 1. The van der Waals surface area contributed by atoms with Gasteiger partial charge in [0, 0.05) is 12.7 Å². The fraction of sp³-hybridized carbons (Fsp3) is 0.364. The van der Waals surface area contributed by atoms with E-state index in [1.165, 1.54) is 48.5 Å². The minimum Gasteiger partial charge on any atom is -0.497 e. The summed E-state index contributed by atoms with van der Waals surface area (Å²) in [6, 6.07) is 6.44. The first-order valence-electron chi connectivity index (χ1n) is 10.1. The Morgan fingerprint density at radius 2 is 1.77 bits per heavy atom. The number of methoxy groups -OCH3 is 1. The molecule has 3 amide bonds. The summed E-state index contributed by atoms with van der Waals surface area (Å²) in [5.41, 5.74) is 6.08. The average Bonchev–Trinajstić information content (AvgIpc) is 3.46. The van der Waals surface area contributed by atoms with Crippen LogP contribution in [0.15, 0.2) is 33.5 Å². The SMILES string of the molecule is COc1ccc2c(c1)S(=O)(N(C)C(=O)Nc1c3c(cc4c1CCC4)CCC3)=NC2=O. The lowest BCUT2D eigenvalue weighted by atomic mass is 9.99. The first kappa shape index (κ1) is 19.1. The Morgan fingerprint density at radius 3 is 2.40 bits per heavy atom. The number of aryl methyl sites for hydroxylation is 2. The maximum Gasteiger partial charge on any atom is 0.334 e. The van der Waals surface area contributed by atoms with Crippen molar-refractivity contribution >= 4 is 27.5 Å². The quantitative estimate of drug-likeness (QED) is 0.812. The molecule has 5 rings (SSSR count). The van der Waals surface area contributed by atoms with Gasteiger partial charge in [0.1, 0.15) is 5.75 Å². The highest BCUT2D eigenvalue weighted by molar-refractivity contribution is 7.92. The molecule has 8 heteroatoms. The van der Waals surface area contributed by atoms with Crippen molar-refractivity contribution in [3.05, 3.63) is 52.1 Å². The summed E-state index contributed by atoms with van der Waals surface area (Å²) in [6.07, 6.45) is 6.06. The molecule has 1 aliphatic heterocycles. The summed E-state index contributed by atoms with van der Waals surface area (Å²) in [4.78, 5) is 25.8. The van der Waals surface area contributed by atoms with E-state index < -0.39 is 21.9 Å². The number of carbonyl (C=O) groups is 2. The van der Waals surface area contributed by atoms with Crippen LogP contribution in [-0.2, 0) is 35.6 Å². The maximum absolute atomic E-state index is 13.7. The van der Waals surface area contributed by atoms with E-state index >= 15 is 0 Å². The van der Waals surface area contributed by atoms with Crippen LogP contribution in [0, 0.1) is 0 Å². The highest BCUT2D eigenvalue weighted by Gasteiger charge is 2.36. The molecular formula is C22H23N3O4S. The van der Waals surface area contributed by atoms with Crippen LogP contribution in [0.1, 0.15) is 45.5 Å². The Kier molecular flexibility index (Phi) is 4.36. The number of amides is 3. The van der Waals surface area contributed by atoms with Gasteiger partial charge in [-0.25, -0.2) is 13.3 Å². The highest BCUT2D eigenvalue weighted by Crippen LogP contribution is 2.39. The molecule has 0 saturated heterocycles. The second-order valence-electron chi connectivity index (χ2n) is 7.92. The van der Waals surface area contributed by atoms with Gasteiger partial charge in [-0.15, -0.1) is 4.36 Å². The van der Waals surface area contributed by atoms with Crippen molar-refractivity contribution in [2.24, 2.45) is 4.36 Å². The molecule has 2 aliphatic carbocycles. The Hall–Kier alpha value is -2.87. The van der Waals surface area contributed by atoms with Crippen LogP contribution < -0.4 is 10.1 Å². The fourth-order valence-corrected chi connectivity index (χ4v) is 6.53. The molecule has 3 aliphatic rings. The monoisotopic (exact) mass is 425 g/mol. The highest BCUT2D eigenvalue weighted by atomic mass is 32.2. The van der Waals surface area contributed by atoms with Gasteiger partial charge in [-0.2, -0.15) is 0 Å². The summed E-state index contributed by atoms with van der Waals surface area (Å²) in [5.74, 6) is -0.127. The Labute approximate surface area is 175 Å². The Bertz CT molecular complexity index is 1200. The van der Waals surface area contributed by atoms with E-state index in [4.69, 9.17) is 4.74 Å². The number of rotatable bonds is 3. The number of nitrogens with zero attached hydrogens (tertiary/aromatic N) is 2. The predicted molar refractivity (Wildman–Crippen MR) is 113 cm³/mol. The van der Waals surface area contributed by atoms with Gasteiger partial charge in [-0.1, -0.05) is 6.07 Å². The van der Waals surface area contributed by atoms with E-state index in [0.717, 1.165) is 48.5 Å². The number of ether oxygens (including phenoxy) is 1. The third-order valence-electron chi connectivity index (χ3n) is 6.27. The number of nitrogens with one attached hydrogen (secondary N) is 1. The van der Waals surface area contributed by atoms with Crippen molar-refractivity contribution < 1.29 is 18.5 Å². The fourth-order valence-electron chi connectivity index (χ4n) is 4.71. The van der Waals surface area contributed by atoms with Gasteiger partial charge < -0.3 is 10.1 Å². The van der Waals surface area contributed by atoms with E-state index in [-0.39, 0.29) is 10.5 Å². The maximum atomic E-state index is 13.7. The second-order valence-corrected chi connectivity index (χ2v) is 10.1. The van der Waals surface area contributed by atoms with Crippen molar-refractivity contribution in [1.29, 1.82) is 0 Å². The van der Waals surface area contributed by atoms with Gasteiger partial charge >= 0.3 is 6.03 Å². The number of benzene rings is 2. The average molecular weight is 426 g/mol. The lowest BCUT2D eigenvalue weighted by Crippen LogP contribution is -2.36. The molecule has 2 aromatic rings. The molecule has 0 fully saturated rings. The first-order valence-corrected chi connectivity index (χ1v) is 11.6. The molecular weight excluding hydrogens is 402 g/mol. The van der Waals surface area contributed by atoms with Gasteiger partial charge in [0.2, 0.25) is 0 Å². The summed E-state index contributed by atoms with van der Waals surface area (Å²) in [5, 5.41) is 3.02. The number of fused-ring (bicyclic) bond motifs is 3. The van der Waals surface area contributed by atoms with E-state index in [0.29, 0.717) is 5.75 Å². The summed E-state index contributed by atoms with van der Waals surface area (Å²) in [6.45, 7) is 0. The van der Waals surface area contributed by atoms with Crippen LogP contribution in [0.5, 0.6) is 5.75 Å². The normalized spacial score (nSPS) is 20.9. The number of urea groups is 1. The number of carbonyl (C=O) groups excluding carboxylic acids is 2. The number of hydrogen-bond acceptors (Lipinski definition) is 4. The Morgan fingerprint density at radius 1 is 1.10 bits per heavy atom. The molecule has 30 heavy (non-hydrogen) atoms. The lowest BCUT2D eigenvalue weighted by molar-refractivity contribution is 0.101. The third kappa shape index (κ3) is 2.74. The van der Waals surface area contributed by atoms with Gasteiger partial charge in [0.15, 0.2) is 9.92 Å². The van der Waals surface area contributed by atoms with E-state index in [9.17, 15) is 13.8 Å². The van der Waals surface area contributed by atoms with Crippen molar-refractivity contribution in [2.75, 3.05) is 19.5 Å². The third-order valence-corrected chi connectivity index (χ3v) is 8.51. The molecule has 156 valence electrons. The second kappa shape index (κ2) is 6.84. The van der Waals surface area contributed by atoms with Gasteiger partial charge in [-0.3, -0.25) is 4.79 Å². The summed E-state index contributed by atoms with van der Waals surface area (Å²) >= 11 is 0. The molecule has 0 spiro atoms. The standard InChI is InChI=1S/C22H23N3O4S/c1-25(30(28)19-12-15(29-2)9-10-18(19)21(26)24-30)22(27)23-20-16-7-3-5-13(16)11-14-6-4-8-17(14)20/h9-12H,3-8H2,1-2H3,(H,23,27). The van der Waals surface area contributed by atoms with E-state index in [1.54, 1.807) is 6.07 Å². The smallest absolute Gasteiger partial charge is 0.334 e. The molecule has 1 N–H and O–H groups in total.